The molecular weight excluding hydrogens is 456 g/mol. The van der Waals surface area contributed by atoms with Crippen molar-refractivity contribution in [1.29, 1.82) is 0 Å². The molecule has 2 aliphatic rings. The summed E-state index contributed by atoms with van der Waals surface area (Å²) < 4.78 is 33.5. The first kappa shape index (κ1) is 24.2. The van der Waals surface area contributed by atoms with E-state index in [9.17, 15) is 18.0 Å². The Morgan fingerprint density at radius 3 is 2.53 bits per heavy atom. The van der Waals surface area contributed by atoms with Crippen LogP contribution < -0.4 is 20.7 Å². The van der Waals surface area contributed by atoms with E-state index >= 15 is 0 Å². The molecular formula is C24H30N4O5S. The van der Waals surface area contributed by atoms with Crippen LogP contribution in [0.15, 0.2) is 53.4 Å². The van der Waals surface area contributed by atoms with E-state index in [1.165, 1.54) is 12.1 Å². The normalized spacial score (nSPS) is 19.2. The second-order valence-electron chi connectivity index (χ2n) is 8.65. The zero-order valence-corrected chi connectivity index (χ0v) is 19.7. The summed E-state index contributed by atoms with van der Waals surface area (Å²) in [5, 5.41) is 2.91. The van der Waals surface area contributed by atoms with E-state index in [0.29, 0.717) is 38.2 Å². The van der Waals surface area contributed by atoms with Gasteiger partial charge in [0.1, 0.15) is 0 Å². The first-order valence-electron chi connectivity index (χ1n) is 11.5. The van der Waals surface area contributed by atoms with Crippen molar-refractivity contribution in [2.45, 2.75) is 36.7 Å². The van der Waals surface area contributed by atoms with Crippen molar-refractivity contribution in [2.75, 3.05) is 36.5 Å². The summed E-state index contributed by atoms with van der Waals surface area (Å²) in [5.41, 5.74) is 7.14. The van der Waals surface area contributed by atoms with Gasteiger partial charge in [-0.15, -0.1) is 0 Å². The van der Waals surface area contributed by atoms with E-state index in [4.69, 9.17) is 10.5 Å². The fourth-order valence-electron chi connectivity index (χ4n) is 4.35. The fourth-order valence-corrected chi connectivity index (χ4v) is 5.46. The number of rotatable bonds is 8. The third-order valence-corrected chi connectivity index (χ3v) is 7.74. The number of hydrogen-bond donors (Lipinski definition) is 3. The quantitative estimate of drug-likeness (QED) is 0.524. The van der Waals surface area contributed by atoms with Gasteiger partial charge in [0.2, 0.25) is 15.9 Å². The number of nitrogens with two attached hydrogens (primary N) is 1. The van der Waals surface area contributed by atoms with E-state index in [0.717, 1.165) is 18.5 Å². The first-order chi connectivity index (χ1) is 16.3. The third kappa shape index (κ3) is 5.75. The lowest BCUT2D eigenvalue weighted by atomic mass is 9.96. The van der Waals surface area contributed by atoms with Gasteiger partial charge in [0.15, 0.2) is 0 Å². The maximum absolute atomic E-state index is 13.0. The van der Waals surface area contributed by atoms with Gasteiger partial charge >= 0.3 is 0 Å². The monoisotopic (exact) mass is 486 g/mol. The number of piperidine rings is 1. The molecule has 0 aliphatic carbocycles. The molecule has 2 aromatic rings. The Bertz CT molecular complexity index is 1140. The summed E-state index contributed by atoms with van der Waals surface area (Å²) in [7, 11) is -3.77. The Morgan fingerprint density at radius 1 is 1.06 bits per heavy atom. The van der Waals surface area contributed by atoms with Crippen molar-refractivity contribution in [3.8, 4) is 0 Å². The number of sulfonamides is 1. The Morgan fingerprint density at radius 2 is 1.82 bits per heavy atom. The van der Waals surface area contributed by atoms with Gasteiger partial charge in [-0.3, -0.25) is 9.59 Å². The number of amides is 2. The maximum Gasteiger partial charge on any atom is 0.255 e. The van der Waals surface area contributed by atoms with E-state index < -0.39 is 15.9 Å². The van der Waals surface area contributed by atoms with E-state index in [2.05, 4.69) is 14.9 Å². The number of nitrogens with zero attached hydrogens (tertiary/aromatic N) is 1. The average Bonchev–Trinajstić information content (AvgIpc) is 3.37. The molecule has 9 nitrogen and oxygen atoms in total. The molecule has 4 N–H and O–H groups in total. The highest BCUT2D eigenvalue weighted by atomic mass is 32.2. The average molecular weight is 487 g/mol. The van der Waals surface area contributed by atoms with E-state index in [-0.39, 0.29) is 34.9 Å². The predicted octanol–water partition coefficient (Wildman–Crippen LogP) is 2.10. The highest BCUT2D eigenvalue weighted by Gasteiger charge is 2.25. The molecule has 2 saturated heterocycles. The highest BCUT2D eigenvalue weighted by molar-refractivity contribution is 7.89. The van der Waals surface area contributed by atoms with Crippen LogP contribution in [0.25, 0.3) is 0 Å². The summed E-state index contributed by atoms with van der Waals surface area (Å²) >= 11 is 0. The molecule has 1 unspecified atom stereocenters. The second-order valence-corrected chi connectivity index (χ2v) is 10.4. The van der Waals surface area contributed by atoms with Gasteiger partial charge in [-0.25, -0.2) is 13.1 Å². The number of primary amides is 1. The largest absolute Gasteiger partial charge is 0.377 e. The number of ether oxygens (including phenoxy) is 1. The number of carbonyl (C=O) groups is 2. The molecule has 182 valence electrons. The fraction of sp³-hybridized carbons (Fsp3) is 0.417. The molecule has 34 heavy (non-hydrogen) atoms. The van der Waals surface area contributed by atoms with Crippen molar-refractivity contribution >= 4 is 33.2 Å². The number of carbonyl (C=O) groups excluding carboxylic acids is 2. The molecule has 2 amide bonds. The van der Waals surface area contributed by atoms with Gasteiger partial charge in [0.25, 0.3) is 5.91 Å². The predicted molar refractivity (Wildman–Crippen MR) is 129 cm³/mol. The number of nitrogens with one attached hydrogen (secondary N) is 2. The Kier molecular flexibility index (Phi) is 7.50. The summed E-state index contributed by atoms with van der Waals surface area (Å²) in [6.07, 6.45) is 2.95. The zero-order valence-electron chi connectivity index (χ0n) is 18.9. The summed E-state index contributed by atoms with van der Waals surface area (Å²) in [6, 6.07) is 13.4. The van der Waals surface area contributed by atoms with Crippen LogP contribution in [0.3, 0.4) is 0 Å². The lowest BCUT2D eigenvalue weighted by molar-refractivity contribution is -0.122. The minimum absolute atomic E-state index is 0.0277. The summed E-state index contributed by atoms with van der Waals surface area (Å²) in [6.45, 7) is 2.17. The van der Waals surface area contributed by atoms with Crippen LogP contribution in [0.4, 0.5) is 11.4 Å². The van der Waals surface area contributed by atoms with Crippen molar-refractivity contribution in [3.63, 3.8) is 0 Å². The Hall–Kier alpha value is -2.95. The van der Waals surface area contributed by atoms with Crippen LogP contribution >= 0.6 is 0 Å². The lowest BCUT2D eigenvalue weighted by Gasteiger charge is -2.33. The molecule has 0 spiro atoms. The third-order valence-electron chi connectivity index (χ3n) is 6.32. The first-order valence-corrected chi connectivity index (χ1v) is 13.0. The SMILES string of the molecule is NC(=O)C1CCN(c2ccccc2NC(=O)c2cccc(S(=O)(=O)NCC3CCCO3)c2)CC1. The number of anilines is 2. The molecule has 4 rings (SSSR count). The minimum atomic E-state index is -3.77. The van der Waals surface area contributed by atoms with Crippen LogP contribution in [-0.2, 0) is 19.6 Å². The van der Waals surface area contributed by atoms with Crippen molar-refractivity contribution in [2.24, 2.45) is 11.7 Å². The number of benzene rings is 2. The standard InChI is InChI=1S/C24H30N4O5S/c25-23(29)17-10-12-28(13-11-17)22-9-2-1-8-21(22)27-24(30)18-5-3-7-20(15-18)34(31,32)26-16-19-6-4-14-33-19/h1-3,5,7-9,15,17,19,26H,4,6,10-14,16H2,(H2,25,29)(H,27,30). The van der Waals surface area contributed by atoms with Crippen LogP contribution in [0.1, 0.15) is 36.0 Å². The molecule has 0 radical (unpaired) electrons. The second kappa shape index (κ2) is 10.5. The van der Waals surface area contributed by atoms with Gasteiger partial charge in [0, 0.05) is 37.7 Å². The minimum Gasteiger partial charge on any atom is -0.377 e. The Balaban J connectivity index is 1.45. The molecule has 1 atom stereocenters. The summed E-state index contributed by atoms with van der Waals surface area (Å²) in [5.74, 6) is -0.812. The molecule has 10 heteroatoms. The molecule has 2 aromatic carbocycles. The number of hydrogen-bond acceptors (Lipinski definition) is 6. The topological polar surface area (TPSA) is 131 Å². The number of para-hydroxylation sites is 2. The van der Waals surface area contributed by atoms with E-state index in [1.54, 1.807) is 18.2 Å². The smallest absolute Gasteiger partial charge is 0.255 e. The molecule has 0 bridgehead atoms. The zero-order chi connectivity index (χ0) is 24.1. The molecule has 2 heterocycles. The Labute approximate surface area is 199 Å². The van der Waals surface area contributed by atoms with Gasteiger partial charge < -0.3 is 20.7 Å². The van der Waals surface area contributed by atoms with Crippen molar-refractivity contribution in [1.82, 2.24) is 4.72 Å². The van der Waals surface area contributed by atoms with E-state index in [1.807, 2.05) is 18.2 Å². The van der Waals surface area contributed by atoms with Crippen LogP contribution in [-0.4, -0.2) is 52.6 Å². The van der Waals surface area contributed by atoms with Crippen molar-refractivity contribution in [3.05, 3.63) is 54.1 Å². The van der Waals surface area contributed by atoms with Crippen LogP contribution in [0.2, 0.25) is 0 Å². The maximum atomic E-state index is 13.0. The lowest BCUT2D eigenvalue weighted by Crippen LogP contribution is -2.38. The van der Waals surface area contributed by atoms with Crippen molar-refractivity contribution < 1.29 is 22.7 Å². The molecule has 0 aromatic heterocycles. The molecule has 2 fully saturated rings. The van der Waals surface area contributed by atoms with Gasteiger partial charge in [-0.1, -0.05) is 18.2 Å². The van der Waals surface area contributed by atoms with Crippen LogP contribution in [0.5, 0.6) is 0 Å². The molecule has 2 aliphatic heterocycles. The molecule has 0 saturated carbocycles. The summed E-state index contributed by atoms with van der Waals surface area (Å²) in [4.78, 5) is 26.6. The highest BCUT2D eigenvalue weighted by Crippen LogP contribution is 2.30. The van der Waals surface area contributed by atoms with Gasteiger partial charge in [0.05, 0.1) is 22.4 Å². The van der Waals surface area contributed by atoms with Gasteiger partial charge in [-0.2, -0.15) is 0 Å². The van der Waals surface area contributed by atoms with Gasteiger partial charge in [-0.05, 0) is 56.0 Å². The van der Waals surface area contributed by atoms with Crippen LogP contribution in [0, 0.1) is 5.92 Å².